The van der Waals surface area contributed by atoms with Crippen molar-refractivity contribution in [2.75, 3.05) is 24.3 Å². The van der Waals surface area contributed by atoms with Crippen LogP contribution in [-0.2, 0) is 0 Å². The molecule has 0 amide bonds. The van der Waals surface area contributed by atoms with E-state index in [2.05, 4.69) is 72.3 Å². The fourth-order valence-electron chi connectivity index (χ4n) is 1.82. The predicted molar refractivity (Wildman–Crippen MR) is 77.1 cm³/mol. The first-order valence-electron chi connectivity index (χ1n) is 5.73. The maximum atomic E-state index is 3.56. The molecular formula is C14H18N2S. The lowest BCUT2D eigenvalue weighted by Gasteiger charge is -2.21. The van der Waals surface area contributed by atoms with Crippen molar-refractivity contribution in [1.29, 1.82) is 0 Å². The molecule has 1 aromatic carbocycles. The molecule has 2 nitrogen and oxygen atoms in total. The van der Waals surface area contributed by atoms with Gasteiger partial charge in [-0.15, -0.1) is 0 Å². The lowest BCUT2D eigenvalue weighted by Crippen LogP contribution is -2.13. The number of hydrogen-bond donors (Lipinski definition) is 1. The van der Waals surface area contributed by atoms with E-state index < -0.39 is 0 Å². The van der Waals surface area contributed by atoms with E-state index in [-0.39, 0.29) is 0 Å². The summed E-state index contributed by atoms with van der Waals surface area (Å²) in [4.78, 5) is 2.13. The molecule has 17 heavy (non-hydrogen) atoms. The van der Waals surface area contributed by atoms with Gasteiger partial charge < -0.3 is 10.2 Å². The maximum Gasteiger partial charge on any atom is 0.0596 e. The Hall–Kier alpha value is -1.48. The molecule has 2 aromatic rings. The van der Waals surface area contributed by atoms with Crippen molar-refractivity contribution >= 4 is 22.7 Å². The van der Waals surface area contributed by atoms with E-state index in [4.69, 9.17) is 0 Å². The fraction of sp³-hybridized carbons (Fsp3) is 0.286. The zero-order valence-electron chi connectivity index (χ0n) is 10.5. The molecule has 1 unspecified atom stereocenters. The van der Waals surface area contributed by atoms with Gasteiger partial charge in [0.15, 0.2) is 0 Å². The third-order valence-corrected chi connectivity index (χ3v) is 3.50. The molecule has 1 atom stereocenters. The number of anilines is 2. The first-order chi connectivity index (χ1) is 8.18. The van der Waals surface area contributed by atoms with Gasteiger partial charge in [0, 0.05) is 20.1 Å². The molecule has 90 valence electrons. The van der Waals surface area contributed by atoms with Gasteiger partial charge in [0.1, 0.15) is 0 Å². The van der Waals surface area contributed by atoms with E-state index in [0.29, 0.717) is 6.04 Å². The summed E-state index contributed by atoms with van der Waals surface area (Å²) in [5.74, 6) is 0. The van der Waals surface area contributed by atoms with Gasteiger partial charge in [-0.05, 0) is 41.4 Å². The second-order valence-corrected chi connectivity index (χ2v) is 5.11. The van der Waals surface area contributed by atoms with Gasteiger partial charge in [-0.3, -0.25) is 0 Å². The van der Waals surface area contributed by atoms with E-state index in [1.807, 2.05) is 0 Å². The molecule has 3 heteroatoms. The van der Waals surface area contributed by atoms with Crippen LogP contribution in [-0.4, -0.2) is 14.1 Å². The van der Waals surface area contributed by atoms with Crippen LogP contribution in [0, 0.1) is 0 Å². The Morgan fingerprint density at radius 2 is 1.94 bits per heavy atom. The van der Waals surface area contributed by atoms with Gasteiger partial charge in [-0.25, -0.2) is 0 Å². The van der Waals surface area contributed by atoms with Gasteiger partial charge in [0.25, 0.3) is 0 Å². The smallest absolute Gasteiger partial charge is 0.0596 e. The molecule has 0 aliphatic heterocycles. The number of thiophene rings is 1. The van der Waals surface area contributed by atoms with Crippen molar-refractivity contribution < 1.29 is 0 Å². The van der Waals surface area contributed by atoms with Crippen LogP contribution < -0.4 is 10.2 Å². The predicted octanol–water partition coefficient (Wildman–Crippen LogP) is 3.99. The summed E-state index contributed by atoms with van der Waals surface area (Å²) in [6.45, 7) is 2.19. The molecule has 0 spiro atoms. The summed E-state index contributed by atoms with van der Waals surface area (Å²) in [5.41, 5.74) is 3.73. The summed E-state index contributed by atoms with van der Waals surface area (Å²) < 4.78 is 0. The van der Waals surface area contributed by atoms with Crippen molar-refractivity contribution in [2.24, 2.45) is 0 Å². The summed E-state index contributed by atoms with van der Waals surface area (Å²) in [5, 5.41) is 7.87. The number of benzene rings is 1. The zero-order chi connectivity index (χ0) is 12.3. The Bertz CT molecular complexity index is 463. The number of nitrogens with one attached hydrogen (secondary N) is 1. The minimum atomic E-state index is 0.336. The Labute approximate surface area is 107 Å². The first-order valence-corrected chi connectivity index (χ1v) is 6.67. The second-order valence-electron chi connectivity index (χ2n) is 4.33. The first kappa shape index (κ1) is 12.0. The molecular weight excluding hydrogens is 228 g/mol. The minimum Gasteiger partial charge on any atom is -0.377 e. The van der Waals surface area contributed by atoms with E-state index in [0.717, 1.165) is 0 Å². The van der Waals surface area contributed by atoms with Crippen molar-refractivity contribution in [2.45, 2.75) is 13.0 Å². The van der Waals surface area contributed by atoms with Crippen LogP contribution in [0.3, 0.4) is 0 Å². The molecule has 1 heterocycles. The highest BCUT2D eigenvalue weighted by Crippen LogP contribution is 2.28. The van der Waals surface area contributed by atoms with Crippen molar-refractivity contribution in [1.82, 2.24) is 0 Å². The molecule has 1 aromatic heterocycles. The van der Waals surface area contributed by atoms with Gasteiger partial charge in [-0.1, -0.05) is 12.1 Å². The van der Waals surface area contributed by atoms with Crippen LogP contribution in [0.5, 0.6) is 0 Å². The van der Waals surface area contributed by atoms with Crippen LogP contribution >= 0.6 is 11.3 Å². The van der Waals surface area contributed by atoms with Crippen LogP contribution in [0.25, 0.3) is 0 Å². The van der Waals surface area contributed by atoms with Crippen molar-refractivity contribution in [3.63, 3.8) is 0 Å². The molecule has 0 fully saturated rings. The largest absolute Gasteiger partial charge is 0.377 e. The topological polar surface area (TPSA) is 15.3 Å². The standard InChI is InChI=1S/C14H18N2S/c1-11(12-8-9-17-10-12)15-13-6-4-5-7-14(13)16(2)3/h4-11,15H,1-3H3. The Morgan fingerprint density at radius 1 is 1.18 bits per heavy atom. The zero-order valence-corrected chi connectivity index (χ0v) is 11.3. The number of hydrogen-bond acceptors (Lipinski definition) is 3. The van der Waals surface area contributed by atoms with Crippen molar-refractivity contribution in [3.05, 3.63) is 46.7 Å². The van der Waals surface area contributed by atoms with Gasteiger partial charge in [0.2, 0.25) is 0 Å². The van der Waals surface area contributed by atoms with Crippen LogP contribution in [0.1, 0.15) is 18.5 Å². The highest BCUT2D eigenvalue weighted by Gasteiger charge is 2.09. The molecule has 2 rings (SSSR count). The SMILES string of the molecule is CC(Nc1ccccc1N(C)C)c1ccsc1. The molecule has 0 aliphatic rings. The van der Waals surface area contributed by atoms with Crippen molar-refractivity contribution in [3.8, 4) is 0 Å². The van der Waals surface area contributed by atoms with Gasteiger partial charge in [0.05, 0.1) is 11.4 Å². The monoisotopic (exact) mass is 246 g/mol. The summed E-state index contributed by atoms with van der Waals surface area (Å²) in [6, 6.07) is 10.9. The summed E-state index contributed by atoms with van der Waals surface area (Å²) >= 11 is 1.74. The number of rotatable bonds is 4. The van der Waals surface area contributed by atoms with E-state index in [1.54, 1.807) is 11.3 Å². The normalized spacial score (nSPS) is 12.2. The van der Waals surface area contributed by atoms with Crippen LogP contribution in [0.2, 0.25) is 0 Å². The summed E-state index contributed by atoms with van der Waals surface area (Å²) in [6.07, 6.45) is 0. The molecule has 1 N–H and O–H groups in total. The quantitative estimate of drug-likeness (QED) is 0.877. The molecule has 0 saturated carbocycles. The van der Waals surface area contributed by atoms with E-state index in [1.165, 1.54) is 16.9 Å². The number of nitrogens with zero attached hydrogens (tertiary/aromatic N) is 1. The summed E-state index contributed by atoms with van der Waals surface area (Å²) in [7, 11) is 4.13. The molecule has 0 bridgehead atoms. The van der Waals surface area contributed by atoms with Gasteiger partial charge in [-0.2, -0.15) is 11.3 Å². The van der Waals surface area contributed by atoms with E-state index >= 15 is 0 Å². The Balaban J connectivity index is 2.18. The highest BCUT2D eigenvalue weighted by atomic mass is 32.1. The lowest BCUT2D eigenvalue weighted by molar-refractivity contribution is 0.888. The third kappa shape index (κ3) is 2.80. The lowest BCUT2D eigenvalue weighted by atomic mass is 10.1. The average molecular weight is 246 g/mol. The second kappa shape index (κ2) is 5.23. The third-order valence-electron chi connectivity index (χ3n) is 2.80. The van der Waals surface area contributed by atoms with Crippen LogP contribution in [0.15, 0.2) is 41.1 Å². The molecule has 0 radical (unpaired) electrons. The van der Waals surface area contributed by atoms with Crippen LogP contribution in [0.4, 0.5) is 11.4 Å². The highest BCUT2D eigenvalue weighted by molar-refractivity contribution is 7.07. The van der Waals surface area contributed by atoms with Gasteiger partial charge >= 0.3 is 0 Å². The maximum absolute atomic E-state index is 3.56. The molecule has 0 saturated heterocycles. The molecule has 0 aliphatic carbocycles. The Kier molecular flexibility index (Phi) is 3.69. The minimum absolute atomic E-state index is 0.336. The Morgan fingerprint density at radius 3 is 2.59 bits per heavy atom. The average Bonchev–Trinajstić information content (AvgIpc) is 2.83. The van der Waals surface area contributed by atoms with E-state index in [9.17, 15) is 0 Å². The fourth-order valence-corrected chi connectivity index (χ4v) is 2.58. The number of para-hydroxylation sites is 2.